The van der Waals surface area contributed by atoms with E-state index in [0.29, 0.717) is 5.69 Å². The zero-order valence-electron chi connectivity index (χ0n) is 15.3. The molecule has 0 spiro atoms. The first kappa shape index (κ1) is 21.4. The molecule has 154 valence electrons. The van der Waals surface area contributed by atoms with Crippen molar-refractivity contribution in [3.05, 3.63) is 53.4 Å². The standard InChI is InChI=1S/C18H17F2N5O2S.ClH/c1-10-5-23-14(6-22-10)15(26)24-11-2-3-13(19)12(4-11)18-8-27-7-17(18,20)9-28-16(21)25-18;/h2-6H,7-9H2,1H3,(H2,21,25)(H,24,26);1H. The van der Waals surface area contributed by atoms with Crippen LogP contribution in [0.4, 0.5) is 14.5 Å². The molecule has 0 radical (unpaired) electrons. The van der Waals surface area contributed by atoms with Gasteiger partial charge in [0, 0.05) is 23.2 Å². The van der Waals surface area contributed by atoms with Crippen molar-refractivity contribution in [2.75, 3.05) is 24.3 Å². The van der Waals surface area contributed by atoms with Gasteiger partial charge in [-0.3, -0.25) is 9.78 Å². The number of halogens is 3. The first-order valence-electron chi connectivity index (χ1n) is 8.48. The number of aromatic nitrogens is 2. The van der Waals surface area contributed by atoms with Gasteiger partial charge in [0.1, 0.15) is 11.5 Å². The molecular formula is C18H18ClF2N5O2S. The van der Waals surface area contributed by atoms with Crippen molar-refractivity contribution in [1.82, 2.24) is 9.97 Å². The normalized spacial score (nSPS) is 25.6. The van der Waals surface area contributed by atoms with Crippen LogP contribution in [0.1, 0.15) is 21.7 Å². The van der Waals surface area contributed by atoms with Crippen molar-refractivity contribution in [1.29, 1.82) is 0 Å². The summed E-state index contributed by atoms with van der Waals surface area (Å²) in [4.78, 5) is 24.7. The van der Waals surface area contributed by atoms with E-state index in [2.05, 4.69) is 20.3 Å². The number of hydrogen-bond donors (Lipinski definition) is 2. The van der Waals surface area contributed by atoms with Crippen LogP contribution in [0, 0.1) is 12.7 Å². The molecule has 3 heterocycles. The summed E-state index contributed by atoms with van der Waals surface area (Å²) in [5.74, 6) is -1.15. The van der Waals surface area contributed by atoms with Crippen molar-refractivity contribution in [3.8, 4) is 0 Å². The summed E-state index contributed by atoms with van der Waals surface area (Å²) in [7, 11) is 0. The number of benzene rings is 1. The number of aryl methyl sites for hydroxylation is 1. The fraction of sp³-hybridized carbons (Fsp3) is 0.333. The largest absolute Gasteiger partial charge is 0.379 e. The minimum Gasteiger partial charge on any atom is -0.379 e. The number of ether oxygens (including phenoxy) is 1. The van der Waals surface area contributed by atoms with Crippen LogP contribution < -0.4 is 11.1 Å². The molecule has 1 saturated heterocycles. The molecule has 11 heteroatoms. The highest BCUT2D eigenvalue weighted by molar-refractivity contribution is 8.13. The fourth-order valence-corrected chi connectivity index (χ4v) is 4.23. The summed E-state index contributed by atoms with van der Waals surface area (Å²) >= 11 is 1.07. The SMILES string of the molecule is Cc1cnc(C(=O)Nc2ccc(F)c(C34COCC3(F)CSC(N)=N4)c2)cn1.Cl. The molecule has 3 N–H and O–H groups in total. The maximum Gasteiger partial charge on any atom is 0.275 e. The van der Waals surface area contributed by atoms with Crippen LogP contribution in [0.25, 0.3) is 0 Å². The van der Waals surface area contributed by atoms with Crippen LogP contribution in [0.2, 0.25) is 0 Å². The molecule has 0 bridgehead atoms. The first-order valence-corrected chi connectivity index (χ1v) is 9.46. The van der Waals surface area contributed by atoms with Crippen molar-refractivity contribution < 1.29 is 18.3 Å². The molecule has 4 rings (SSSR count). The predicted octanol–water partition coefficient (Wildman–Crippen LogP) is 2.59. The number of amides is 1. The molecule has 2 atom stereocenters. The molecule has 2 unspecified atom stereocenters. The topological polar surface area (TPSA) is 102 Å². The Balaban J connectivity index is 0.00000240. The maximum atomic E-state index is 15.6. The van der Waals surface area contributed by atoms with E-state index in [1.807, 2.05) is 0 Å². The molecular weight excluding hydrogens is 424 g/mol. The second-order valence-corrected chi connectivity index (χ2v) is 7.74. The number of thioether (sulfide) groups is 1. The Morgan fingerprint density at radius 1 is 1.31 bits per heavy atom. The number of carbonyl (C=O) groups excluding carboxylic acids is 1. The molecule has 1 aromatic carbocycles. The molecule has 2 aliphatic rings. The van der Waals surface area contributed by atoms with E-state index in [-0.39, 0.29) is 53.5 Å². The van der Waals surface area contributed by atoms with E-state index in [9.17, 15) is 9.18 Å². The lowest BCUT2D eigenvalue weighted by molar-refractivity contribution is 0.102. The van der Waals surface area contributed by atoms with Gasteiger partial charge >= 0.3 is 0 Å². The summed E-state index contributed by atoms with van der Waals surface area (Å²) in [5.41, 5.74) is 3.37. The van der Waals surface area contributed by atoms with Crippen molar-refractivity contribution in [3.63, 3.8) is 0 Å². The number of amidine groups is 1. The lowest BCUT2D eigenvalue weighted by Gasteiger charge is -2.38. The molecule has 2 aliphatic heterocycles. The Morgan fingerprint density at radius 3 is 2.83 bits per heavy atom. The summed E-state index contributed by atoms with van der Waals surface area (Å²) < 4.78 is 35.6. The van der Waals surface area contributed by atoms with E-state index in [1.165, 1.54) is 24.5 Å². The van der Waals surface area contributed by atoms with Gasteiger partial charge in [0.2, 0.25) is 0 Å². The predicted molar refractivity (Wildman–Crippen MR) is 109 cm³/mol. The third-order valence-electron chi connectivity index (χ3n) is 4.82. The number of nitrogens with one attached hydrogen (secondary N) is 1. The summed E-state index contributed by atoms with van der Waals surface area (Å²) in [5, 5.41) is 2.80. The monoisotopic (exact) mass is 441 g/mol. The van der Waals surface area contributed by atoms with Crippen LogP contribution in [0.5, 0.6) is 0 Å². The maximum absolute atomic E-state index is 15.6. The van der Waals surface area contributed by atoms with Gasteiger partial charge in [-0.1, -0.05) is 11.8 Å². The number of carbonyl (C=O) groups is 1. The van der Waals surface area contributed by atoms with Crippen molar-refractivity contribution in [2.24, 2.45) is 10.7 Å². The average molecular weight is 442 g/mol. The Morgan fingerprint density at radius 2 is 2.10 bits per heavy atom. The van der Waals surface area contributed by atoms with Gasteiger partial charge in [-0.2, -0.15) is 0 Å². The number of anilines is 1. The molecule has 0 saturated carbocycles. The van der Waals surface area contributed by atoms with Gasteiger partial charge in [-0.25, -0.2) is 18.8 Å². The molecule has 1 fully saturated rings. The lowest BCUT2D eigenvalue weighted by atomic mass is 9.79. The summed E-state index contributed by atoms with van der Waals surface area (Å²) in [6, 6.07) is 3.91. The highest BCUT2D eigenvalue weighted by Crippen LogP contribution is 2.50. The zero-order valence-corrected chi connectivity index (χ0v) is 16.9. The smallest absolute Gasteiger partial charge is 0.275 e. The zero-order chi connectivity index (χ0) is 19.9. The van der Waals surface area contributed by atoms with Crippen molar-refractivity contribution >= 4 is 40.9 Å². The second-order valence-electron chi connectivity index (χ2n) is 6.75. The number of fused-ring (bicyclic) bond motifs is 1. The quantitative estimate of drug-likeness (QED) is 0.759. The Labute approximate surface area is 176 Å². The number of rotatable bonds is 3. The van der Waals surface area contributed by atoms with Gasteiger partial charge in [0.25, 0.3) is 5.91 Å². The Bertz CT molecular complexity index is 977. The minimum atomic E-state index is -1.90. The highest BCUT2D eigenvalue weighted by Gasteiger charge is 2.61. The van der Waals surface area contributed by atoms with Gasteiger partial charge in [-0.15, -0.1) is 12.4 Å². The van der Waals surface area contributed by atoms with Gasteiger partial charge < -0.3 is 15.8 Å². The van der Waals surface area contributed by atoms with Crippen LogP contribution in [0.15, 0.2) is 35.6 Å². The molecule has 1 aromatic heterocycles. The van der Waals surface area contributed by atoms with Gasteiger partial charge in [0.05, 0.1) is 25.1 Å². The molecule has 7 nitrogen and oxygen atoms in total. The average Bonchev–Trinajstić information content (AvgIpc) is 3.01. The van der Waals surface area contributed by atoms with E-state index in [0.717, 1.165) is 17.8 Å². The molecule has 29 heavy (non-hydrogen) atoms. The van der Waals surface area contributed by atoms with E-state index in [1.54, 1.807) is 6.92 Å². The second kappa shape index (κ2) is 7.85. The van der Waals surface area contributed by atoms with E-state index < -0.39 is 22.9 Å². The summed E-state index contributed by atoms with van der Waals surface area (Å²) in [6.45, 7) is 1.41. The lowest BCUT2D eigenvalue weighted by Crippen LogP contribution is -2.52. The molecule has 2 aromatic rings. The van der Waals surface area contributed by atoms with Crippen molar-refractivity contribution in [2.45, 2.75) is 18.1 Å². The van der Waals surface area contributed by atoms with Crippen LogP contribution >= 0.6 is 24.2 Å². The third kappa shape index (κ3) is 3.67. The van der Waals surface area contributed by atoms with Crippen LogP contribution in [-0.4, -0.2) is 45.7 Å². The number of aliphatic imine (C=N–C) groups is 1. The number of nitrogens with two attached hydrogens (primary N) is 1. The Hall–Kier alpha value is -2.30. The first-order chi connectivity index (χ1) is 13.3. The third-order valence-corrected chi connectivity index (χ3v) is 5.81. The molecule has 1 amide bonds. The van der Waals surface area contributed by atoms with E-state index >= 15 is 4.39 Å². The highest BCUT2D eigenvalue weighted by atomic mass is 35.5. The summed E-state index contributed by atoms with van der Waals surface area (Å²) in [6.07, 6.45) is 2.81. The van der Waals surface area contributed by atoms with E-state index in [4.69, 9.17) is 10.5 Å². The van der Waals surface area contributed by atoms with Crippen LogP contribution in [0.3, 0.4) is 0 Å². The minimum absolute atomic E-state index is 0. The number of alkyl halides is 1. The fourth-order valence-electron chi connectivity index (χ4n) is 3.32. The Kier molecular flexibility index (Phi) is 5.79. The van der Waals surface area contributed by atoms with Gasteiger partial charge in [-0.05, 0) is 25.1 Å². The molecule has 0 aliphatic carbocycles. The van der Waals surface area contributed by atoms with Crippen LogP contribution in [-0.2, 0) is 10.3 Å². The number of nitrogens with zero attached hydrogens (tertiary/aromatic N) is 3. The number of hydrogen-bond acceptors (Lipinski definition) is 7. The van der Waals surface area contributed by atoms with Gasteiger partial charge in [0.15, 0.2) is 16.4 Å².